The van der Waals surface area contributed by atoms with E-state index in [0.29, 0.717) is 13.0 Å². The van der Waals surface area contributed by atoms with Crippen LogP contribution in [0, 0.1) is 0 Å². The van der Waals surface area contributed by atoms with Gasteiger partial charge in [-0.3, -0.25) is 10.0 Å². The Bertz CT molecular complexity index is 1190. The molecule has 4 aromatic carbocycles. The number of benzene rings is 4. The van der Waals surface area contributed by atoms with Crippen LogP contribution in [0.4, 0.5) is 0 Å². The molecule has 0 saturated heterocycles. The fraction of sp³-hybridized carbons (Fsp3) is 0.115. The molecule has 0 bridgehead atoms. The number of ether oxygens (including phenoxy) is 1. The maximum atomic E-state index is 11.6. The van der Waals surface area contributed by atoms with E-state index >= 15 is 0 Å². The van der Waals surface area contributed by atoms with Crippen molar-refractivity contribution >= 4 is 16.7 Å². The predicted molar refractivity (Wildman–Crippen MR) is 122 cm³/mol. The molecule has 5 heteroatoms. The standard InChI is InChI=1S/C26H24N2O3/c27-24(26(29)28-30)15-19-10-13-25(31-17-18-6-2-1-3-7-18)23(14-19)22-12-11-20-8-4-5-9-21(20)16-22/h1-14,16,24,30H,15,17,27H2,(H,28,29)/t24-/m0/s1. The fourth-order valence-corrected chi connectivity index (χ4v) is 3.58. The molecule has 156 valence electrons. The Morgan fingerprint density at radius 3 is 2.39 bits per heavy atom. The van der Waals surface area contributed by atoms with Gasteiger partial charge in [0.05, 0.1) is 6.04 Å². The first-order valence-electron chi connectivity index (χ1n) is 10.1. The van der Waals surface area contributed by atoms with Crippen LogP contribution in [0.5, 0.6) is 5.75 Å². The van der Waals surface area contributed by atoms with Crippen LogP contribution in [0.2, 0.25) is 0 Å². The highest BCUT2D eigenvalue weighted by atomic mass is 16.5. The van der Waals surface area contributed by atoms with Gasteiger partial charge in [0.1, 0.15) is 12.4 Å². The smallest absolute Gasteiger partial charge is 0.260 e. The highest BCUT2D eigenvalue weighted by molar-refractivity contribution is 5.88. The Morgan fingerprint density at radius 1 is 0.871 bits per heavy atom. The van der Waals surface area contributed by atoms with Gasteiger partial charge in [-0.2, -0.15) is 0 Å². The average Bonchev–Trinajstić information content (AvgIpc) is 2.83. The number of hydroxylamine groups is 1. The Kier molecular flexibility index (Phi) is 6.26. The van der Waals surface area contributed by atoms with Crippen LogP contribution in [0.3, 0.4) is 0 Å². The quantitative estimate of drug-likeness (QED) is 0.309. The van der Waals surface area contributed by atoms with Crippen molar-refractivity contribution in [3.8, 4) is 16.9 Å². The molecular formula is C26H24N2O3. The van der Waals surface area contributed by atoms with E-state index < -0.39 is 11.9 Å². The van der Waals surface area contributed by atoms with Crippen molar-refractivity contribution in [1.82, 2.24) is 5.48 Å². The van der Waals surface area contributed by atoms with Crippen molar-refractivity contribution < 1.29 is 14.7 Å². The molecule has 4 rings (SSSR count). The highest BCUT2D eigenvalue weighted by Crippen LogP contribution is 2.34. The van der Waals surface area contributed by atoms with Crippen LogP contribution in [0.1, 0.15) is 11.1 Å². The molecule has 5 nitrogen and oxygen atoms in total. The van der Waals surface area contributed by atoms with E-state index in [-0.39, 0.29) is 0 Å². The summed E-state index contributed by atoms with van der Waals surface area (Å²) >= 11 is 0. The first kappa shape index (κ1) is 20.6. The fourth-order valence-electron chi connectivity index (χ4n) is 3.58. The van der Waals surface area contributed by atoms with Crippen molar-refractivity contribution in [2.75, 3.05) is 0 Å². The number of nitrogens with one attached hydrogen (secondary N) is 1. The molecule has 0 unspecified atom stereocenters. The normalized spacial score (nSPS) is 11.8. The molecule has 0 heterocycles. The second-order valence-corrected chi connectivity index (χ2v) is 7.45. The summed E-state index contributed by atoms with van der Waals surface area (Å²) in [6.45, 7) is 0.452. The minimum absolute atomic E-state index is 0.298. The van der Waals surface area contributed by atoms with Crippen molar-refractivity contribution in [3.05, 3.63) is 102 Å². The molecule has 0 aromatic heterocycles. The lowest BCUT2D eigenvalue weighted by atomic mass is 9.96. The van der Waals surface area contributed by atoms with Crippen molar-refractivity contribution in [2.45, 2.75) is 19.1 Å². The Hall–Kier alpha value is -3.67. The molecule has 0 aliphatic carbocycles. The van der Waals surface area contributed by atoms with E-state index in [9.17, 15) is 4.79 Å². The van der Waals surface area contributed by atoms with Crippen molar-refractivity contribution in [1.29, 1.82) is 0 Å². The Morgan fingerprint density at radius 2 is 1.61 bits per heavy atom. The summed E-state index contributed by atoms with van der Waals surface area (Å²) < 4.78 is 6.17. The van der Waals surface area contributed by atoms with Gasteiger partial charge in [0.2, 0.25) is 0 Å². The summed E-state index contributed by atoms with van der Waals surface area (Å²) in [7, 11) is 0. The van der Waals surface area contributed by atoms with E-state index in [1.165, 1.54) is 0 Å². The molecule has 0 spiro atoms. The number of hydrogen-bond donors (Lipinski definition) is 3. The summed E-state index contributed by atoms with van der Waals surface area (Å²) in [6, 6.07) is 29.4. The third-order valence-electron chi connectivity index (χ3n) is 5.24. The van der Waals surface area contributed by atoms with Crippen LogP contribution in [-0.4, -0.2) is 17.2 Å². The molecule has 0 radical (unpaired) electrons. The van der Waals surface area contributed by atoms with Crippen LogP contribution < -0.4 is 16.0 Å². The van der Waals surface area contributed by atoms with Gasteiger partial charge >= 0.3 is 0 Å². The van der Waals surface area contributed by atoms with Crippen LogP contribution in [0.25, 0.3) is 21.9 Å². The molecular weight excluding hydrogens is 388 g/mol. The molecule has 31 heavy (non-hydrogen) atoms. The van der Waals surface area contributed by atoms with E-state index in [1.54, 1.807) is 5.48 Å². The molecule has 0 fully saturated rings. The first-order chi connectivity index (χ1) is 15.1. The summed E-state index contributed by atoms with van der Waals surface area (Å²) in [5.74, 6) is 0.139. The monoisotopic (exact) mass is 412 g/mol. The SMILES string of the molecule is N[C@@H](Cc1ccc(OCc2ccccc2)c(-c2ccc3ccccc3c2)c1)C(=O)NO. The lowest BCUT2D eigenvalue weighted by Gasteiger charge is -2.16. The minimum atomic E-state index is -0.842. The van der Waals surface area contributed by atoms with Gasteiger partial charge < -0.3 is 10.5 Å². The summed E-state index contributed by atoms with van der Waals surface area (Å²) in [6.07, 6.45) is 0.298. The number of carbonyl (C=O) groups excluding carboxylic acids is 1. The highest BCUT2D eigenvalue weighted by Gasteiger charge is 2.15. The van der Waals surface area contributed by atoms with Crippen molar-refractivity contribution in [2.24, 2.45) is 5.73 Å². The summed E-state index contributed by atoms with van der Waals surface area (Å²) in [5, 5.41) is 11.1. The summed E-state index contributed by atoms with van der Waals surface area (Å²) in [5.41, 5.74) is 11.4. The van der Waals surface area contributed by atoms with Crippen molar-refractivity contribution in [3.63, 3.8) is 0 Å². The third kappa shape index (κ3) is 4.91. The van der Waals surface area contributed by atoms with Gasteiger partial charge in [-0.1, -0.05) is 72.8 Å². The average molecular weight is 412 g/mol. The van der Waals surface area contributed by atoms with Crippen LogP contribution in [-0.2, 0) is 17.8 Å². The first-order valence-corrected chi connectivity index (χ1v) is 10.1. The topological polar surface area (TPSA) is 84.6 Å². The van der Waals surface area contributed by atoms with Crippen LogP contribution >= 0.6 is 0 Å². The second kappa shape index (κ2) is 9.43. The van der Waals surface area contributed by atoms with Crippen LogP contribution in [0.15, 0.2) is 91.0 Å². The zero-order chi connectivity index (χ0) is 21.6. The van der Waals surface area contributed by atoms with Gasteiger partial charge in [0.25, 0.3) is 5.91 Å². The van der Waals surface area contributed by atoms with E-state index in [1.807, 2.05) is 60.7 Å². The number of fused-ring (bicyclic) bond motifs is 1. The third-order valence-corrected chi connectivity index (χ3v) is 5.24. The summed E-state index contributed by atoms with van der Waals surface area (Å²) in [4.78, 5) is 11.6. The largest absolute Gasteiger partial charge is 0.488 e. The molecule has 0 saturated carbocycles. The van der Waals surface area contributed by atoms with E-state index in [4.69, 9.17) is 15.7 Å². The maximum absolute atomic E-state index is 11.6. The molecule has 1 atom stereocenters. The molecule has 4 aromatic rings. The molecule has 4 N–H and O–H groups in total. The number of hydrogen-bond acceptors (Lipinski definition) is 4. The maximum Gasteiger partial charge on any atom is 0.260 e. The van der Waals surface area contributed by atoms with Gasteiger partial charge in [0, 0.05) is 5.56 Å². The number of rotatable bonds is 7. The van der Waals surface area contributed by atoms with Gasteiger partial charge in [-0.25, -0.2) is 5.48 Å². The van der Waals surface area contributed by atoms with E-state index in [0.717, 1.165) is 38.8 Å². The molecule has 0 aliphatic rings. The lowest BCUT2D eigenvalue weighted by molar-refractivity contribution is -0.130. The number of carbonyl (C=O) groups is 1. The van der Waals surface area contributed by atoms with Gasteiger partial charge in [0.15, 0.2) is 0 Å². The lowest BCUT2D eigenvalue weighted by Crippen LogP contribution is -2.40. The number of nitrogens with two attached hydrogens (primary N) is 1. The molecule has 1 amide bonds. The van der Waals surface area contributed by atoms with Gasteiger partial charge in [-0.05, 0) is 52.1 Å². The molecule has 0 aliphatic heterocycles. The van der Waals surface area contributed by atoms with E-state index in [2.05, 4.69) is 30.3 Å². The minimum Gasteiger partial charge on any atom is -0.488 e. The van der Waals surface area contributed by atoms with Gasteiger partial charge in [-0.15, -0.1) is 0 Å². The predicted octanol–water partition coefficient (Wildman–Crippen LogP) is 4.46. The Balaban J connectivity index is 1.70. The Labute approximate surface area is 181 Å². The zero-order valence-corrected chi connectivity index (χ0v) is 17.0. The zero-order valence-electron chi connectivity index (χ0n) is 17.0. The number of amides is 1. The second-order valence-electron chi connectivity index (χ2n) is 7.45.